The van der Waals surface area contributed by atoms with Crippen LogP contribution in [0.5, 0.6) is 0 Å². The lowest BCUT2D eigenvalue weighted by atomic mass is 9.98. The second-order valence-corrected chi connectivity index (χ2v) is 8.32. The van der Waals surface area contributed by atoms with E-state index < -0.39 is 5.97 Å². The normalized spacial score (nSPS) is 11.2. The Morgan fingerprint density at radius 1 is 1.06 bits per heavy atom. The molecule has 0 saturated heterocycles. The fraction of sp³-hybridized carbons (Fsp3) is 0.192. The van der Waals surface area contributed by atoms with Crippen LogP contribution in [-0.4, -0.2) is 41.3 Å². The first kappa shape index (κ1) is 21.5. The number of pyridine rings is 1. The molecule has 5 aromatic rings. The number of fused-ring (bicyclic) bond motifs is 1. The topological polar surface area (TPSA) is 110 Å². The van der Waals surface area contributed by atoms with E-state index >= 15 is 0 Å². The minimum Gasteiger partial charge on any atom is -0.478 e. The van der Waals surface area contributed by atoms with Crippen LogP contribution in [0.4, 0.5) is 0 Å². The number of aromatic amines is 1. The van der Waals surface area contributed by atoms with Gasteiger partial charge in [-0.25, -0.2) is 4.79 Å². The lowest BCUT2D eigenvalue weighted by molar-refractivity contribution is 0.0697. The minimum atomic E-state index is -0.936. The zero-order valence-corrected chi connectivity index (χ0v) is 18.8. The molecular weight excluding hydrogens is 428 g/mol. The van der Waals surface area contributed by atoms with Crippen molar-refractivity contribution in [2.24, 2.45) is 0 Å². The molecule has 0 bridgehead atoms. The highest BCUT2D eigenvalue weighted by molar-refractivity contribution is 5.98. The smallest absolute Gasteiger partial charge is 0.335 e. The van der Waals surface area contributed by atoms with Crippen molar-refractivity contribution >= 4 is 16.9 Å². The molecule has 0 aliphatic rings. The summed E-state index contributed by atoms with van der Waals surface area (Å²) in [4.78, 5) is 16.1. The number of hydrogen-bond acceptors (Lipinski definition) is 5. The van der Waals surface area contributed by atoms with E-state index in [-0.39, 0.29) is 5.56 Å². The number of carboxylic acid groups (broad SMARTS) is 1. The van der Waals surface area contributed by atoms with Gasteiger partial charge >= 0.3 is 5.97 Å². The standard InChI is InChI=1S/C26H24N6O2/c1-17-4-6-18(7-5-17)8-10-21-22-15-19(26(33)34)9-11-23(22)32(14-12-24-28-30-31-29-24)25(21)20-3-2-13-27-16-20/h2-7,9,11,13,15-16H,8,10,12,14H2,1H3,(H,33,34)(H,28,29,30,31). The lowest BCUT2D eigenvalue weighted by Crippen LogP contribution is -2.06. The van der Waals surface area contributed by atoms with Crippen molar-refractivity contribution < 1.29 is 9.90 Å². The predicted octanol–water partition coefficient (Wildman–Crippen LogP) is 4.25. The van der Waals surface area contributed by atoms with Gasteiger partial charge in [-0.1, -0.05) is 35.0 Å². The molecule has 3 heterocycles. The number of carboxylic acids is 1. The van der Waals surface area contributed by atoms with Crippen molar-refractivity contribution in [3.05, 3.63) is 95.1 Å². The molecule has 0 radical (unpaired) electrons. The van der Waals surface area contributed by atoms with Crippen LogP contribution in [0.1, 0.15) is 32.9 Å². The van der Waals surface area contributed by atoms with Gasteiger partial charge in [0.05, 0.1) is 11.3 Å². The molecule has 0 fully saturated rings. The first-order chi connectivity index (χ1) is 16.6. The van der Waals surface area contributed by atoms with E-state index in [4.69, 9.17) is 0 Å². The number of nitrogens with one attached hydrogen (secondary N) is 1. The van der Waals surface area contributed by atoms with Crippen molar-refractivity contribution in [2.75, 3.05) is 0 Å². The Morgan fingerprint density at radius 3 is 2.62 bits per heavy atom. The van der Waals surface area contributed by atoms with Gasteiger partial charge in [0, 0.05) is 41.8 Å². The third-order valence-corrected chi connectivity index (χ3v) is 6.08. The molecule has 0 saturated carbocycles. The average molecular weight is 453 g/mol. The Balaban J connectivity index is 1.66. The second kappa shape index (κ2) is 9.27. The number of rotatable bonds is 8. The monoisotopic (exact) mass is 452 g/mol. The Kier molecular flexibility index (Phi) is 5.86. The van der Waals surface area contributed by atoms with Crippen LogP contribution in [0.25, 0.3) is 22.2 Å². The number of aryl methyl sites for hydroxylation is 5. The van der Waals surface area contributed by atoms with Gasteiger partial charge in [0.25, 0.3) is 0 Å². The van der Waals surface area contributed by atoms with Crippen LogP contribution in [0.15, 0.2) is 67.0 Å². The number of nitrogens with zero attached hydrogens (tertiary/aromatic N) is 5. The number of carbonyl (C=O) groups is 1. The van der Waals surface area contributed by atoms with Gasteiger partial charge in [0.1, 0.15) is 0 Å². The number of tetrazole rings is 1. The fourth-order valence-electron chi connectivity index (χ4n) is 4.40. The first-order valence-electron chi connectivity index (χ1n) is 11.2. The van der Waals surface area contributed by atoms with Gasteiger partial charge < -0.3 is 9.67 Å². The number of hydrogen-bond donors (Lipinski definition) is 2. The summed E-state index contributed by atoms with van der Waals surface area (Å²) in [6.07, 6.45) is 5.80. The average Bonchev–Trinajstić information content (AvgIpc) is 3.48. The van der Waals surface area contributed by atoms with Crippen LogP contribution in [0.3, 0.4) is 0 Å². The maximum atomic E-state index is 11.8. The molecule has 170 valence electrons. The minimum absolute atomic E-state index is 0.275. The van der Waals surface area contributed by atoms with Crippen LogP contribution in [0, 0.1) is 6.92 Å². The van der Waals surface area contributed by atoms with Crippen LogP contribution in [0.2, 0.25) is 0 Å². The summed E-state index contributed by atoms with van der Waals surface area (Å²) in [7, 11) is 0. The Labute approximate surface area is 196 Å². The van der Waals surface area contributed by atoms with E-state index in [0.29, 0.717) is 18.8 Å². The highest BCUT2D eigenvalue weighted by atomic mass is 16.4. The molecule has 2 N–H and O–H groups in total. The molecular formula is C26H24N6O2. The molecule has 0 aliphatic heterocycles. The quantitative estimate of drug-likeness (QED) is 0.364. The van der Waals surface area contributed by atoms with Crippen LogP contribution >= 0.6 is 0 Å². The maximum absolute atomic E-state index is 11.8. The third kappa shape index (κ3) is 4.30. The molecule has 3 aromatic heterocycles. The lowest BCUT2D eigenvalue weighted by Gasteiger charge is -2.12. The van der Waals surface area contributed by atoms with Crippen LogP contribution in [-0.2, 0) is 25.8 Å². The SMILES string of the molecule is Cc1ccc(CCc2c(-c3cccnc3)n(CCc3nn[nH]n3)c3ccc(C(=O)O)cc23)cc1. The van der Waals surface area contributed by atoms with Crippen molar-refractivity contribution in [3.8, 4) is 11.3 Å². The molecule has 8 heteroatoms. The number of benzene rings is 2. The van der Waals surface area contributed by atoms with Gasteiger partial charge in [-0.2, -0.15) is 5.21 Å². The van der Waals surface area contributed by atoms with Crippen molar-refractivity contribution in [2.45, 2.75) is 32.7 Å². The highest BCUT2D eigenvalue weighted by Crippen LogP contribution is 2.35. The van der Waals surface area contributed by atoms with Crippen molar-refractivity contribution in [3.63, 3.8) is 0 Å². The Hall–Kier alpha value is -4.33. The largest absolute Gasteiger partial charge is 0.478 e. The van der Waals surface area contributed by atoms with E-state index in [0.717, 1.165) is 40.6 Å². The molecule has 0 unspecified atom stereocenters. The van der Waals surface area contributed by atoms with Crippen molar-refractivity contribution in [1.29, 1.82) is 0 Å². The summed E-state index contributed by atoms with van der Waals surface area (Å²) in [5.41, 5.74) is 6.86. The van der Waals surface area contributed by atoms with E-state index in [9.17, 15) is 9.90 Å². The second-order valence-electron chi connectivity index (χ2n) is 8.32. The summed E-state index contributed by atoms with van der Waals surface area (Å²) in [6.45, 7) is 2.70. The number of aromatic nitrogens is 6. The van der Waals surface area contributed by atoms with Gasteiger partial charge in [0.2, 0.25) is 0 Å². The summed E-state index contributed by atoms with van der Waals surface area (Å²) in [6, 6.07) is 17.8. The maximum Gasteiger partial charge on any atom is 0.335 e. The third-order valence-electron chi connectivity index (χ3n) is 6.08. The van der Waals surface area contributed by atoms with Gasteiger partial charge in [0.15, 0.2) is 5.82 Å². The first-order valence-corrected chi connectivity index (χ1v) is 11.2. The molecule has 0 atom stereocenters. The Morgan fingerprint density at radius 2 is 1.91 bits per heavy atom. The summed E-state index contributed by atoms with van der Waals surface area (Å²) in [5, 5.41) is 24.9. The Bertz CT molecular complexity index is 1420. The molecule has 34 heavy (non-hydrogen) atoms. The van der Waals surface area contributed by atoms with Gasteiger partial charge in [-0.3, -0.25) is 4.98 Å². The van der Waals surface area contributed by atoms with E-state index in [2.05, 4.69) is 61.4 Å². The summed E-state index contributed by atoms with van der Waals surface area (Å²) < 4.78 is 2.22. The van der Waals surface area contributed by atoms with Crippen LogP contribution < -0.4 is 0 Å². The number of aromatic carboxylic acids is 1. The molecule has 0 spiro atoms. The van der Waals surface area contributed by atoms with Gasteiger partial charge in [-0.05, 0) is 61.2 Å². The molecule has 5 rings (SSSR count). The predicted molar refractivity (Wildman–Crippen MR) is 129 cm³/mol. The highest BCUT2D eigenvalue weighted by Gasteiger charge is 2.20. The van der Waals surface area contributed by atoms with E-state index in [1.165, 1.54) is 11.1 Å². The van der Waals surface area contributed by atoms with Gasteiger partial charge in [-0.15, -0.1) is 10.2 Å². The number of H-pyrrole nitrogens is 1. The van der Waals surface area contributed by atoms with E-state index in [1.54, 1.807) is 18.3 Å². The summed E-state index contributed by atoms with van der Waals surface area (Å²) in [5.74, 6) is -0.309. The molecule has 0 aliphatic carbocycles. The fourth-order valence-corrected chi connectivity index (χ4v) is 4.40. The molecule has 2 aromatic carbocycles. The summed E-state index contributed by atoms with van der Waals surface area (Å²) >= 11 is 0. The van der Waals surface area contributed by atoms with E-state index in [1.807, 2.05) is 24.4 Å². The molecule has 0 amide bonds. The zero-order chi connectivity index (χ0) is 23.5. The van der Waals surface area contributed by atoms with Crippen molar-refractivity contribution in [1.82, 2.24) is 30.2 Å². The zero-order valence-electron chi connectivity index (χ0n) is 18.8. The molecule has 8 nitrogen and oxygen atoms in total.